The van der Waals surface area contributed by atoms with E-state index >= 15 is 0 Å². The summed E-state index contributed by atoms with van der Waals surface area (Å²) in [4.78, 5) is 11.2. The van der Waals surface area contributed by atoms with Gasteiger partial charge in [0.2, 0.25) is 0 Å². The fourth-order valence-corrected chi connectivity index (χ4v) is 2.57. The van der Waals surface area contributed by atoms with E-state index in [2.05, 4.69) is 0 Å². The number of aromatic carboxylic acids is 1. The van der Waals surface area contributed by atoms with Crippen molar-refractivity contribution < 1.29 is 20.1 Å². The maximum Gasteiger partial charge on any atom is 0.339 e. The Bertz CT molecular complexity index is 433. The summed E-state index contributed by atoms with van der Waals surface area (Å²) in [5.74, 6) is -1.89. The van der Waals surface area contributed by atoms with E-state index in [1.165, 1.54) is 12.5 Å². The van der Waals surface area contributed by atoms with E-state index < -0.39 is 11.7 Å². The molecule has 3 N–H and O–H groups in total. The molecule has 0 atom stereocenters. The molecule has 1 aromatic carbocycles. The number of hydrogen-bond acceptors (Lipinski definition) is 3. The van der Waals surface area contributed by atoms with Crippen molar-refractivity contribution in [3.63, 3.8) is 0 Å². The maximum absolute atomic E-state index is 11.2. The molecule has 0 bridgehead atoms. The minimum absolute atomic E-state index is 0.142. The number of carboxylic acid groups (broad SMARTS) is 1. The second kappa shape index (κ2) is 4.65. The third kappa shape index (κ3) is 2.20. The van der Waals surface area contributed by atoms with E-state index in [1.54, 1.807) is 6.07 Å². The van der Waals surface area contributed by atoms with Gasteiger partial charge in [0.15, 0.2) is 11.5 Å². The molecule has 0 saturated heterocycles. The molecule has 1 saturated carbocycles. The average molecular weight is 236 g/mol. The van der Waals surface area contributed by atoms with Gasteiger partial charge in [-0.25, -0.2) is 4.79 Å². The summed E-state index contributed by atoms with van der Waals surface area (Å²) in [6.45, 7) is 0. The van der Waals surface area contributed by atoms with Gasteiger partial charge in [-0.15, -0.1) is 0 Å². The molecule has 0 spiro atoms. The monoisotopic (exact) mass is 236 g/mol. The van der Waals surface area contributed by atoms with Gasteiger partial charge in [-0.05, 0) is 30.4 Å². The lowest BCUT2D eigenvalue weighted by Gasteiger charge is -2.23. The molecule has 1 fully saturated rings. The number of hydrogen-bond donors (Lipinski definition) is 3. The first-order chi connectivity index (χ1) is 8.11. The Morgan fingerprint density at radius 1 is 1.12 bits per heavy atom. The number of benzene rings is 1. The van der Waals surface area contributed by atoms with Gasteiger partial charge < -0.3 is 15.3 Å². The molecular weight excluding hydrogens is 220 g/mol. The van der Waals surface area contributed by atoms with E-state index in [1.807, 2.05) is 0 Å². The highest BCUT2D eigenvalue weighted by atomic mass is 16.4. The van der Waals surface area contributed by atoms with Gasteiger partial charge in [-0.2, -0.15) is 0 Å². The highest BCUT2D eigenvalue weighted by molar-refractivity contribution is 5.93. The lowest BCUT2D eigenvalue weighted by Crippen LogP contribution is -2.10. The van der Waals surface area contributed by atoms with Crippen molar-refractivity contribution in [2.75, 3.05) is 0 Å². The summed E-state index contributed by atoms with van der Waals surface area (Å²) in [5, 5.41) is 28.1. The second-order valence-electron chi connectivity index (χ2n) is 4.54. The summed E-state index contributed by atoms with van der Waals surface area (Å²) in [6, 6.07) is 2.99. The molecule has 4 nitrogen and oxygen atoms in total. The first kappa shape index (κ1) is 11.8. The van der Waals surface area contributed by atoms with Crippen LogP contribution in [-0.2, 0) is 0 Å². The lowest BCUT2D eigenvalue weighted by atomic mass is 9.82. The molecule has 0 radical (unpaired) electrons. The van der Waals surface area contributed by atoms with Crippen molar-refractivity contribution in [3.8, 4) is 11.5 Å². The fourth-order valence-electron chi connectivity index (χ4n) is 2.57. The molecule has 4 heteroatoms. The zero-order chi connectivity index (χ0) is 12.4. The first-order valence-corrected chi connectivity index (χ1v) is 5.89. The molecule has 92 valence electrons. The van der Waals surface area contributed by atoms with Crippen molar-refractivity contribution in [1.82, 2.24) is 0 Å². The minimum atomic E-state index is -1.18. The minimum Gasteiger partial charge on any atom is -0.504 e. The molecule has 0 aromatic heterocycles. The molecule has 0 unspecified atom stereocenters. The van der Waals surface area contributed by atoms with Crippen LogP contribution in [0.3, 0.4) is 0 Å². The van der Waals surface area contributed by atoms with Gasteiger partial charge in [0, 0.05) is 0 Å². The summed E-state index contributed by atoms with van der Waals surface area (Å²) in [7, 11) is 0. The summed E-state index contributed by atoms with van der Waals surface area (Å²) in [5.41, 5.74) is 0.504. The number of phenolic OH excluding ortho intramolecular Hbond substituents is 1. The number of carboxylic acids is 1. The maximum atomic E-state index is 11.2. The van der Waals surface area contributed by atoms with Crippen LogP contribution in [-0.4, -0.2) is 21.3 Å². The highest BCUT2D eigenvalue weighted by Crippen LogP contribution is 2.40. The molecule has 1 aliphatic rings. The highest BCUT2D eigenvalue weighted by Gasteiger charge is 2.25. The van der Waals surface area contributed by atoms with Crippen LogP contribution in [0.2, 0.25) is 0 Å². The van der Waals surface area contributed by atoms with E-state index in [0.29, 0.717) is 5.56 Å². The van der Waals surface area contributed by atoms with Crippen molar-refractivity contribution in [3.05, 3.63) is 23.3 Å². The number of rotatable bonds is 2. The SMILES string of the molecule is O=C(O)c1c(C2CCCCC2)ccc(O)c1O. The van der Waals surface area contributed by atoms with E-state index in [-0.39, 0.29) is 17.2 Å². The largest absolute Gasteiger partial charge is 0.504 e. The van der Waals surface area contributed by atoms with Crippen LogP contribution >= 0.6 is 0 Å². The van der Waals surface area contributed by atoms with Crippen LogP contribution in [0.1, 0.15) is 53.9 Å². The van der Waals surface area contributed by atoms with Crippen molar-refractivity contribution >= 4 is 5.97 Å². The van der Waals surface area contributed by atoms with Gasteiger partial charge in [-0.3, -0.25) is 0 Å². The smallest absolute Gasteiger partial charge is 0.339 e. The summed E-state index contributed by atoms with van der Waals surface area (Å²) < 4.78 is 0. The molecule has 0 aliphatic heterocycles. The molecule has 0 heterocycles. The van der Waals surface area contributed by atoms with Crippen molar-refractivity contribution in [2.24, 2.45) is 0 Å². The fraction of sp³-hybridized carbons (Fsp3) is 0.462. The number of phenols is 2. The number of aromatic hydroxyl groups is 2. The van der Waals surface area contributed by atoms with Gasteiger partial charge in [0.1, 0.15) is 5.56 Å². The zero-order valence-electron chi connectivity index (χ0n) is 9.52. The zero-order valence-corrected chi connectivity index (χ0v) is 9.52. The van der Waals surface area contributed by atoms with Crippen molar-refractivity contribution in [2.45, 2.75) is 38.0 Å². The van der Waals surface area contributed by atoms with Gasteiger partial charge >= 0.3 is 5.97 Å². The van der Waals surface area contributed by atoms with Crippen molar-refractivity contribution in [1.29, 1.82) is 0 Å². The Kier molecular flexibility index (Phi) is 3.22. The predicted octanol–water partition coefficient (Wildman–Crippen LogP) is 2.84. The third-order valence-electron chi connectivity index (χ3n) is 3.45. The van der Waals surface area contributed by atoms with Crippen LogP contribution in [0, 0.1) is 0 Å². The molecular formula is C13H16O4. The van der Waals surface area contributed by atoms with Crippen LogP contribution in [0.5, 0.6) is 11.5 Å². The Morgan fingerprint density at radius 3 is 2.35 bits per heavy atom. The third-order valence-corrected chi connectivity index (χ3v) is 3.45. The summed E-state index contributed by atoms with van der Waals surface area (Å²) in [6.07, 6.45) is 5.26. The van der Waals surface area contributed by atoms with E-state index in [9.17, 15) is 15.0 Å². The topological polar surface area (TPSA) is 77.8 Å². The molecule has 2 rings (SSSR count). The molecule has 17 heavy (non-hydrogen) atoms. The van der Waals surface area contributed by atoms with Crippen LogP contribution < -0.4 is 0 Å². The molecule has 1 aromatic rings. The Morgan fingerprint density at radius 2 is 1.76 bits per heavy atom. The lowest BCUT2D eigenvalue weighted by molar-refractivity contribution is 0.0690. The van der Waals surface area contributed by atoms with Gasteiger partial charge in [0.25, 0.3) is 0 Å². The summed E-state index contributed by atoms with van der Waals surface area (Å²) >= 11 is 0. The Balaban J connectivity index is 2.45. The van der Waals surface area contributed by atoms with E-state index in [4.69, 9.17) is 5.11 Å². The average Bonchev–Trinajstić information content (AvgIpc) is 2.33. The standard InChI is InChI=1S/C13H16O4/c14-10-7-6-9(8-4-2-1-3-5-8)11(12(10)15)13(16)17/h6-8,14-15H,1-5H2,(H,16,17). The van der Waals surface area contributed by atoms with E-state index in [0.717, 1.165) is 25.7 Å². The quantitative estimate of drug-likeness (QED) is 0.690. The predicted molar refractivity (Wildman–Crippen MR) is 62.6 cm³/mol. The normalized spacial score (nSPS) is 16.9. The Hall–Kier alpha value is -1.71. The van der Waals surface area contributed by atoms with Crippen LogP contribution in [0.25, 0.3) is 0 Å². The second-order valence-corrected chi connectivity index (χ2v) is 4.54. The van der Waals surface area contributed by atoms with Gasteiger partial charge in [-0.1, -0.05) is 25.3 Å². The molecule has 0 amide bonds. The van der Waals surface area contributed by atoms with Crippen LogP contribution in [0.4, 0.5) is 0 Å². The molecule has 1 aliphatic carbocycles. The van der Waals surface area contributed by atoms with Gasteiger partial charge in [0.05, 0.1) is 0 Å². The van der Waals surface area contributed by atoms with Crippen LogP contribution in [0.15, 0.2) is 12.1 Å². The number of carbonyl (C=O) groups is 1. The first-order valence-electron chi connectivity index (χ1n) is 5.89. The Labute approximate surface area is 99.5 Å².